The number of rotatable bonds is 62. The van der Waals surface area contributed by atoms with E-state index in [1.165, 1.54) is 122 Å². The van der Waals surface area contributed by atoms with Gasteiger partial charge in [0.2, 0.25) is 0 Å². The molecule has 0 aliphatic heterocycles. The van der Waals surface area contributed by atoms with Gasteiger partial charge in [0.1, 0.15) is 12.7 Å². The Bertz CT molecular complexity index is 1700. The fourth-order valence-corrected chi connectivity index (χ4v) is 9.98. The Morgan fingerprint density at radius 1 is 0.354 bits per heavy atom. The van der Waals surface area contributed by atoms with Gasteiger partial charge in [-0.2, -0.15) is 0 Å². The van der Waals surface area contributed by atoms with E-state index in [1.807, 2.05) is 0 Å². The molecule has 0 amide bonds. The summed E-state index contributed by atoms with van der Waals surface area (Å²) in [6.07, 6.45) is 75.2. The summed E-state index contributed by atoms with van der Waals surface area (Å²) in [7, 11) is -4.77. The number of carbonyl (C=O) groups excluding carboxylic acids is 3. The second kappa shape index (κ2) is 63.7. The topological polar surface area (TPSA) is 155 Å². The third kappa shape index (κ3) is 61.2. The molecule has 0 radical (unpaired) electrons. The van der Waals surface area contributed by atoms with Crippen LogP contribution in [0.3, 0.4) is 0 Å². The van der Waals surface area contributed by atoms with Crippen molar-refractivity contribution in [2.75, 3.05) is 26.4 Å². The first-order chi connectivity index (χ1) is 40.2. The number of aliphatic hydroxyl groups is 1. The highest BCUT2D eigenvalue weighted by Gasteiger charge is 2.28. The minimum absolute atomic E-state index is 0.149. The maximum atomic E-state index is 13.0. The van der Waals surface area contributed by atoms with Gasteiger partial charge in [-0.1, -0.05) is 254 Å². The molecule has 0 heterocycles. The molecule has 0 aromatic heterocycles. The smallest absolute Gasteiger partial charge is 0.462 e. The first-order valence-corrected chi connectivity index (χ1v) is 35.0. The summed E-state index contributed by atoms with van der Waals surface area (Å²) < 4.78 is 39.7. The van der Waals surface area contributed by atoms with Crippen LogP contribution >= 0.6 is 7.82 Å². The number of phosphoric ester groups is 1. The van der Waals surface area contributed by atoms with Crippen LogP contribution in [0.5, 0.6) is 0 Å². The van der Waals surface area contributed by atoms with Crippen LogP contribution in [0, 0.1) is 0 Å². The van der Waals surface area contributed by atoms with E-state index in [-0.39, 0.29) is 25.9 Å². The van der Waals surface area contributed by atoms with Crippen LogP contribution in [0.1, 0.15) is 303 Å². The van der Waals surface area contributed by atoms with Crippen molar-refractivity contribution in [3.05, 3.63) is 85.1 Å². The van der Waals surface area contributed by atoms with Crippen molar-refractivity contribution >= 4 is 25.7 Å². The molecule has 0 bridgehead atoms. The first-order valence-electron chi connectivity index (χ1n) is 33.5. The number of unbranched alkanes of at least 4 members (excludes halogenated alkanes) is 31. The van der Waals surface area contributed by atoms with Crippen LogP contribution in [-0.4, -0.2) is 66.5 Å². The molecule has 0 saturated heterocycles. The average Bonchev–Trinajstić information content (AvgIpc) is 3.47. The SMILES string of the molecule is CC/C=C\C/C=C\C/C=C\CCCCCCCCCC(=O)OCC(COP(=O)(O)OCC(CO)OC(=O)CCCCCCCCCCC/C=C\CCCCCCCC)OC(=O)CCCCCCCC/C=C\C/C=C\C/C=C\CCCCC. The monoisotopic (exact) mass is 1170 g/mol. The minimum Gasteiger partial charge on any atom is -0.462 e. The Morgan fingerprint density at radius 2 is 0.634 bits per heavy atom. The van der Waals surface area contributed by atoms with E-state index in [2.05, 4.69) is 106 Å². The lowest BCUT2D eigenvalue weighted by Gasteiger charge is -2.21. The molecule has 3 unspecified atom stereocenters. The van der Waals surface area contributed by atoms with Crippen LogP contribution in [0.2, 0.25) is 0 Å². The third-order valence-corrected chi connectivity index (χ3v) is 15.2. The molecular formula is C70H123O11P. The molecule has 0 rings (SSSR count). The quantitative estimate of drug-likeness (QED) is 0.0197. The number of aliphatic hydroxyl groups excluding tert-OH is 1. The average molecular weight is 1170 g/mol. The number of phosphoric acid groups is 1. The van der Waals surface area contributed by atoms with E-state index >= 15 is 0 Å². The van der Waals surface area contributed by atoms with Gasteiger partial charge in [-0.15, -0.1) is 0 Å². The van der Waals surface area contributed by atoms with Gasteiger partial charge in [-0.3, -0.25) is 23.4 Å². The number of hydrogen-bond donors (Lipinski definition) is 2. The van der Waals surface area contributed by atoms with Crippen molar-refractivity contribution in [1.82, 2.24) is 0 Å². The highest BCUT2D eigenvalue weighted by Crippen LogP contribution is 2.43. The van der Waals surface area contributed by atoms with Crippen LogP contribution in [0.25, 0.3) is 0 Å². The number of esters is 3. The van der Waals surface area contributed by atoms with E-state index < -0.39 is 57.8 Å². The van der Waals surface area contributed by atoms with Crippen molar-refractivity contribution in [3.63, 3.8) is 0 Å². The maximum absolute atomic E-state index is 13.0. The Morgan fingerprint density at radius 3 is 1.01 bits per heavy atom. The van der Waals surface area contributed by atoms with Gasteiger partial charge < -0.3 is 24.2 Å². The fraction of sp³-hybridized carbons (Fsp3) is 0.757. The third-order valence-electron chi connectivity index (χ3n) is 14.3. The summed E-state index contributed by atoms with van der Waals surface area (Å²) in [4.78, 5) is 48.8. The summed E-state index contributed by atoms with van der Waals surface area (Å²) in [5, 5.41) is 9.87. The van der Waals surface area contributed by atoms with Gasteiger partial charge in [-0.05, 0) is 116 Å². The van der Waals surface area contributed by atoms with E-state index in [0.717, 1.165) is 122 Å². The predicted molar refractivity (Wildman–Crippen MR) is 344 cm³/mol. The predicted octanol–water partition coefficient (Wildman–Crippen LogP) is 20.6. The Kier molecular flexibility index (Phi) is 61.1. The van der Waals surface area contributed by atoms with Crippen LogP contribution in [0.4, 0.5) is 0 Å². The summed E-state index contributed by atoms with van der Waals surface area (Å²) in [6, 6.07) is 0. The lowest BCUT2D eigenvalue weighted by Crippen LogP contribution is -2.30. The zero-order valence-corrected chi connectivity index (χ0v) is 53.6. The molecule has 0 aromatic carbocycles. The fourth-order valence-electron chi connectivity index (χ4n) is 9.20. The van der Waals surface area contributed by atoms with Gasteiger partial charge in [-0.25, -0.2) is 4.57 Å². The molecule has 0 fully saturated rings. The molecular weight excluding hydrogens is 1050 g/mol. The zero-order valence-electron chi connectivity index (χ0n) is 52.7. The summed E-state index contributed by atoms with van der Waals surface area (Å²) >= 11 is 0. The second-order valence-electron chi connectivity index (χ2n) is 22.2. The number of carbonyl (C=O) groups is 3. The molecule has 2 N–H and O–H groups in total. The first kappa shape index (κ1) is 78.7. The zero-order chi connectivity index (χ0) is 59.8. The van der Waals surface area contributed by atoms with Crippen molar-refractivity contribution < 1.29 is 52.2 Å². The van der Waals surface area contributed by atoms with Crippen molar-refractivity contribution in [2.24, 2.45) is 0 Å². The van der Waals surface area contributed by atoms with Gasteiger partial charge in [0.25, 0.3) is 0 Å². The molecule has 3 atom stereocenters. The second-order valence-corrected chi connectivity index (χ2v) is 23.7. The van der Waals surface area contributed by atoms with E-state index in [4.69, 9.17) is 23.3 Å². The number of allylic oxidation sites excluding steroid dienone is 14. The molecule has 0 spiro atoms. The lowest BCUT2D eigenvalue weighted by atomic mass is 10.1. The van der Waals surface area contributed by atoms with Gasteiger partial charge in [0, 0.05) is 19.3 Å². The molecule has 0 aliphatic rings. The number of hydrogen-bond acceptors (Lipinski definition) is 10. The normalized spacial score (nSPS) is 13.8. The molecule has 11 nitrogen and oxygen atoms in total. The van der Waals surface area contributed by atoms with Crippen molar-refractivity contribution in [3.8, 4) is 0 Å². The molecule has 474 valence electrons. The standard InChI is InChI=1S/C70H123O11P/c1-4-7-10-13-16-19-22-25-28-31-33-36-39-42-45-48-51-54-57-60-69(73)80-66(62-71)64-78-82(75,76)79-65-67(63-77-68(72)59-56-53-50-47-44-41-38-35-30-27-24-21-18-15-12-9-6-3)81-70(74)61-58-55-52-49-46-43-40-37-34-32-29-26-23-20-17-14-11-8-5-2/h9,12,17-18,20-21,25-30,34,37,66-67,71H,4-8,10-11,13-16,19,22-24,31-33,35-36,38-65H2,1-3H3,(H,75,76)/b12-9-,20-17-,21-18-,28-25-,29-26-,30-27-,37-34-. The highest BCUT2D eigenvalue weighted by atomic mass is 31.2. The summed E-state index contributed by atoms with van der Waals surface area (Å²) in [6.45, 7) is 4.52. The molecule has 0 aliphatic carbocycles. The van der Waals surface area contributed by atoms with Crippen LogP contribution in [-0.2, 0) is 42.2 Å². The molecule has 12 heteroatoms. The largest absolute Gasteiger partial charge is 0.472 e. The summed E-state index contributed by atoms with van der Waals surface area (Å²) in [5.41, 5.74) is 0. The maximum Gasteiger partial charge on any atom is 0.472 e. The Balaban J connectivity index is 4.70. The van der Waals surface area contributed by atoms with Crippen LogP contribution < -0.4 is 0 Å². The van der Waals surface area contributed by atoms with Crippen molar-refractivity contribution in [2.45, 2.75) is 315 Å². The Hall–Kier alpha value is -3.34. The van der Waals surface area contributed by atoms with Gasteiger partial charge in [0.15, 0.2) is 6.10 Å². The van der Waals surface area contributed by atoms with Crippen LogP contribution in [0.15, 0.2) is 85.1 Å². The Labute approximate surface area is 502 Å². The van der Waals surface area contributed by atoms with Gasteiger partial charge >= 0.3 is 25.7 Å². The highest BCUT2D eigenvalue weighted by molar-refractivity contribution is 7.47. The summed E-state index contributed by atoms with van der Waals surface area (Å²) in [5.74, 6) is -1.48. The lowest BCUT2D eigenvalue weighted by molar-refractivity contribution is -0.161. The van der Waals surface area contributed by atoms with Crippen molar-refractivity contribution in [1.29, 1.82) is 0 Å². The molecule has 82 heavy (non-hydrogen) atoms. The van der Waals surface area contributed by atoms with E-state index in [9.17, 15) is 28.9 Å². The number of ether oxygens (including phenoxy) is 3. The van der Waals surface area contributed by atoms with E-state index in [1.54, 1.807) is 0 Å². The minimum atomic E-state index is -4.77. The van der Waals surface area contributed by atoms with Gasteiger partial charge in [0.05, 0.1) is 19.8 Å². The van der Waals surface area contributed by atoms with E-state index in [0.29, 0.717) is 19.3 Å². The molecule has 0 aromatic rings. The molecule has 0 saturated carbocycles.